The topological polar surface area (TPSA) is 65.1 Å². The van der Waals surface area contributed by atoms with Gasteiger partial charge in [-0.1, -0.05) is 18.2 Å². The third-order valence-electron chi connectivity index (χ3n) is 4.11. The van der Waals surface area contributed by atoms with E-state index in [0.717, 1.165) is 30.0 Å². The van der Waals surface area contributed by atoms with Crippen molar-refractivity contribution < 1.29 is 0 Å². The lowest BCUT2D eigenvalue weighted by atomic mass is 10.3. The Morgan fingerprint density at radius 3 is 2.75 bits per heavy atom. The van der Waals surface area contributed by atoms with Gasteiger partial charge in [-0.25, -0.2) is 9.67 Å². The lowest BCUT2D eigenvalue weighted by molar-refractivity contribution is 0.836. The van der Waals surface area contributed by atoms with E-state index >= 15 is 0 Å². The van der Waals surface area contributed by atoms with Crippen LogP contribution >= 0.6 is 11.3 Å². The molecule has 6 nitrogen and oxygen atoms in total. The van der Waals surface area contributed by atoms with Crippen LogP contribution in [0.2, 0.25) is 0 Å². The van der Waals surface area contributed by atoms with Gasteiger partial charge < -0.3 is 0 Å². The zero-order chi connectivity index (χ0) is 16.1. The molecule has 0 amide bonds. The maximum atomic E-state index is 12.0. The smallest absolute Gasteiger partial charge is 0.274 e. The third-order valence-corrected chi connectivity index (χ3v) is 4.87. The van der Waals surface area contributed by atoms with Crippen LogP contribution in [-0.2, 0) is 0 Å². The number of hydrogen-bond donors (Lipinski definition) is 0. The summed E-state index contributed by atoms with van der Waals surface area (Å²) in [5, 5.41) is 6.63. The molecule has 0 N–H and O–H groups in total. The average molecular weight is 335 g/mol. The molecule has 4 aromatic rings. The van der Waals surface area contributed by atoms with Crippen LogP contribution < -0.4 is 5.56 Å². The van der Waals surface area contributed by atoms with Gasteiger partial charge in [-0.15, -0.1) is 11.3 Å². The van der Waals surface area contributed by atoms with E-state index in [1.54, 1.807) is 0 Å². The fourth-order valence-electron chi connectivity index (χ4n) is 2.78. The molecule has 0 spiro atoms. The first-order valence-corrected chi connectivity index (χ1v) is 8.67. The van der Waals surface area contributed by atoms with Crippen molar-refractivity contribution in [1.29, 1.82) is 0 Å². The molecular formula is C17H13N5OS. The average Bonchev–Trinajstić information content (AvgIpc) is 3.18. The van der Waals surface area contributed by atoms with Crippen LogP contribution in [0.4, 0.5) is 0 Å². The maximum Gasteiger partial charge on any atom is 0.274 e. The molecule has 7 heteroatoms. The van der Waals surface area contributed by atoms with Gasteiger partial charge in [0.25, 0.3) is 5.56 Å². The van der Waals surface area contributed by atoms with Crippen LogP contribution in [0.15, 0.2) is 52.8 Å². The Morgan fingerprint density at radius 1 is 1.12 bits per heavy atom. The van der Waals surface area contributed by atoms with Gasteiger partial charge >= 0.3 is 0 Å². The van der Waals surface area contributed by atoms with E-state index < -0.39 is 0 Å². The first-order valence-electron chi connectivity index (χ1n) is 7.79. The van der Waals surface area contributed by atoms with Crippen LogP contribution in [0.1, 0.15) is 24.6 Å². The summed E-state index contributed by atoms with van der Waals surface area (Å²) < 4.78 is 3.72. The predicted molar refractivity (Wildman–Crippen MR) is 91.7 cm³/mol. The SMILES string of the molecule is O=c1cc(-c2nc(C3CC3)nn2-c2ccccc2)n2ccsc2n1. The first-order chi connectivity index (χ1) is 11.8. The largest absolute Gasteiger partial charge is 0.288 e. The molecule has 0 bridgehead atoms. The quantitative estimate of drug-likeness (QED) is 0.577. The molecule has 3 aromatic heterocycles. The molecule has 0 radical (unpaired) electrons. The van der Waals surface area contributed by atoms with Crippen LogP contribution in [0.25, 0.3) is 22.2 Å². The van der Waals surface area contributed by atoms with Crippen molar-refractivity contribution in [2.24, 2.45) is 0 Å². The minimum atomic E-state index is -0.261. The van der Waals surface area contributed by atoms with Crippen LogP contribution in [-0.4, -0.2) is 24.1 Å². The molecule has 0 atom stereocenters. The fourth-order valence-corrected chi connectivity index (χ4v) is 3.50. The molecule has 1 aromatic carbocycles. The summed E-state index contributed by atoms with van der Waals surface area (Å²) in [4.78, 5) is 21.5. The van der Waals surface area contributed by atoms with E-state index in [1.165, 1.54) is 17.4 Å². The van der Waals surface area contributed by atoms with E-state index in [9.17, 15) is 4.79 Å². The molecule has 1 aliphatic rings. The summed E-state index contributed by atoms with van der Waals surface area (Å²) in [5.41, 5.74) is 1.39. The minimum Gasteiger partial charge on any atom is -0.288 e. The normalized spacial score (nSPS) is 14.3. The lowest BCUT2D eigenvalue weighted by Gasteiger charge is -2.07. The third kappa shape index (κ3) is 2.16. The lowest BCUT2D eigenvalue weighted by Crippen LogP contribution is -2.10. The molecule has 0 saturated heterocycles. The highest BCUT2D eigenvalue weighted by Gasteiger charge is 2.30. The van der Waals surface area contributed by atoms with Crippen molar-refractivity contribution in [3.8, 4) is 17.2 Å². The Balaban J connectivity index is 1.80. The number of benzene rings is 1. The number of para-hydroxylation sites is 1. The fraction of sp³-hybridized carbons (Fsp3) is 0.176. The Bertz CT molecular complexity index is 1090. The number of nitrogens with zero attached hydrogens (tertiary/aromatic N) is 5. The molecule has 1 saturated carbocycles. The highest BCUT2D eigenvalue weighted by Crippen LogP contribution is 2.39. The molecular weight excluding hydrogens is 322 g/mol. The molecule has 3 heterocycles. The van der Waals surface area contributed by atoms with Gasteiger partial charge in [0.2, 0.25) is 0 Å². The standard InChI is InChI=1S/C17H13N5OS/c23-14-10-13(21-8-9-24-17(21)18-14)16-19-15(11-6-7-11)20-22(16)12-4-2-1-3-5-12/h1-5,8-11H,6-7H2. The first kappa shape index (κ1) is 13.6. The van der Waals surface area contributed by atoms with E-state index in [-0.39, 0.29) is 5.56 Å². The zero-order valence-corrected chi connectivity index (χ0v) is 13.5. The number of aromatic nitrogens is 5. The van der Waals surface area contributed by atoms with Gasteiger partial charge in [0, 0.05) is 23.6 Å². The number of fused-ring (bicyclic) bond motifs is 1. The van der Waals surface area contributed by atoms with E-state index in [1.807, 2.05) is 51.0 Å². The summed E-state index contributed by atoms with van der Waals surface area (Å²) >= 11 is 1.43. The molecule has 1 aliphatic carbocycles. The second-order valence-electron chi connectivity index (χ2n) is 5.85. The molecule has 118 valence electrons. The van der Waals surface area contributed by atoms with Gasteiger partial charge in [-0.3, -0.25) is 9.20 Å². The summed E-state index contributed by atoms with van der Waals surface area (Å²) in [6.45, 7) is 0. The van der Waals surface area contributed by atoms with Crippen molar-refractivity contribution >= 4 is 16.3 Å². The molecule has 0 aliphatic heterocycles. The van der Waals surface area contributed by atoms with Gasteiger partial charge in [0.15, 0.2) is 16.6 Å². The second-order valence-corrected chi connectivity index (χ2v) is 6.72. The molecule has 0 unspecified atom stereocenters. The van der Waals surface area contributed by atoms with Crippen molar-refractivity contribution in [3.63, 3.8) is 0 Å². The zero-order valence-electron chi connectivity index (χ0n) is 12.7. The summed E-state index contributed by atoms with van der Waals surface area (Å²) in [5.74, 6) is 1.96. The summed E-state index contributed by atoms with van der Waals surface area (Å²) in [6, 6.07) is 11.4. The Labute approximate surface area is 141 Å². The van der Waals surface area contributed by atoms with Crippen molar-refractivity contribution in [2.45, 2.75) is 18.8 Å². The van der Waals surface area contributed by atoms with Crippen molar-refractivity contribution in [3.05, 3.63) is 64.2 Å². The Morgan fingerprint density at radius 2 is 1.96 bits per heavy atom. The van der Waals surface area contributed by atoms with Crippen LogP contribution in [0, 0.1) is 0 Å². The number of thiazole rings is 1. The van der Waals surface area contributed by atoms with Crippen molar-refractivity contribution in [2.75, 3.05) is 0 Å². The number of hydrogen-bond acceptors (Lipinski definition) is 5. The van der Waals surface area contributed by atoms with Gasteiger partial charge in [0.1, 0.15) is 0 Å². The highest BCUT2D eigenvalue weighted by molar-refractivity contribution is 7.15. The maximum absolute atomic E-state index is 12.0. The number of rotatable bonds is 3. The Hall–Kier alpha value is -2.80. The summed E-state index contributed by atoms with van der Waals surface area (Å²) in [6.07, 6.45) is 4.16. The minimum absolute atomic E-state index is 0.261. The van der Waals surface area contributed by atoms with E-state index in [2.05, 4.69) is 4.98 Å². The van der Waals surface area contributed by atoms with E-state index in [0.29, 0.717) is 16.7 Å². The summed E-state index contributed by atoms with van der Waals surface area (Å²) in [7, 11) is 0. The van der Waals surface area contributed by atoms with Gasteiger partial charge in [-0.05, 0) is 25.0 Å². The van der Waals surface area contributed by atoms with Crippen LogP contribution in [0.5, 0.6) is 0 Å². The van der Waals surface area contributed by atoms with Crippen molar-refractivity contribution in [1.82, 2.24) is 24.1 Å². The molecule has 24 heavy (non-hydrogen) atoms. The molecule has 1 fully saturated rings. The predicted octanol–water partition coefficient (Wildman–Crippen LogP) is 2.88. The van der Waals surface area contributed by atoms with Gasteiger partial charge in [-0.2, -0.15) is 10.1 Å². The Kier molecular flexibility index (Phi) is 2.90. The second kappa shape index (κ2) is 5.10. The highest BCUT2D eigenvalue weighted by atomic mass is 32.1. The van der Waals surface area contributed by atoms with Gasteiger partial charge in [0.05, 0.1) is 11.4 Å². The molecule has 5 rings (SSSR count). The van der Waals surface area contributed by atoms with Crippen LogP contribution in [0.3, 0.4) is 0 Å². The monoisotopic (exact) mass is 335 g/mol. The van der Waals surface area contributed by atoms with E-state index in [4.69, 9.17) is 10.1 Å².